The highest BCUT2D eigenvalue weighted by atomic mass is 16.4. The van der Waals surface area contributed by atoms with E-state index in [0.717, 1.165) is 0 Å². The fourth-order valence-electron chi connectivity index (χ4n) is 4.42. The van der Waals surface area contributed by atoms with Crippen molar-refractivity contribution in [3.05, 3.63) is 0 Å². The van der Waals surface area contributed by atoms with Crippen molar-refractivity contribution < 1.29 is 30.0 Å². The van der Waals surface area contributed by atoms with E-state index in [-0.39, 0.29) is 0 Å². The summed E-state index contributed by atoms with van der Waals surface area (Å²) < 4.78 is 0. The van der Waals surface area contributed by atoms with Crippen molar-refractivity contribution in [2.24, 2.45) is 0 Å². The topological polar surface area (TPSA) is 139 Å². The normalized spacial score (nSPS) is 12.0. The van der Waals surface area contributed by atoms with Gasteiger partial charge in [0.15, 0.2) is 0 Å². The average molecular weight is 619 g/mol. The molecule has 2 unspecified atom stereocenters. The molecule has 2 atom stereocenters. The van der Waals surface area contributed by atoms with E-state index in [0.29, 0.717) is 0 Å². The molecular formula is C35H74N2O6. The third-order valence-electron chi connectivity index (χ3n) is 7.34. The van der Waals surface area contributed by atoms with Crippen molar-refractivity contribution >= 4 is 11.9 Å². The number of unbranched alkanes of at least 4 members (excludes halogenated alkanes) is 20. The van der Waals surface area contributed by atoms with Crippen molar-refractivity contribution in [1.82, 2.24) is 10.6 Å². The van der Waals surface area contributed by atoms with Gasteiger partial charge in [-0.15, -0.1) is 0 Å². The highest BCUT2D eigenvalue weighted by Gasteiger charge is 2.02. The molecule has 8 nitrogen and oxygen atoms in total. The fourth-order valence-corrected chi connectivity index (χ4v) is 4.42. The Kier molecular flexibility index (Phi) is 43.8. The van der Waals surface area contributed by atoms with Gasteiger partial charge in [-0.2, -0.15) is 0 Å². The maximum absolute atomic E-state index is 9.45. The molecule has 0 aromatic carbocycles. The van der Waals surface area contributed by atoms with Crippen LogP contribution < -0.4 is 10.6 Å². The molecule has 0 amide bonds. The quantitative estimate of drug-likeness (QED) is 0.0444. The molecule has 8 heteroatoms. The van der Waals surface area contributed by atoms with E-state index >= 15 is 0 Å². The summed E-state index contributed by atoms with van der Waals surface area (Å²) in [5.41, 5.74) is 0. The van der Waals surface area contributed by atoms with E-state index in [1.807, 2.05) is 0 Å². The van der Waals surface area contributed by atoms with Gasteiger partial charge < -0.3 is 31.1 Å². The van der Waals surface area contributed by atoms with Gasteiger partial charge in [0.1, 0.15) is 12.2 Å². The number of rotatable bonds is 30. The minimum atomic E-state index is -1.23. The minimum Gasteiger partial charge on any atom is -0.479 e. The third kappa shape index (κ3) is 50.7. The molecule has 43 heavy (non-hydrogen) atoms. The Balaban J connectivity index is -0.00000111. The number of hydrogen-bond acceptors (Lipinski definition) is 6. The molecule has 0 aromatic rings. The first-order chi connectivity index (χ1) is 20.7. The maximum Gasteiger partial charge on any atom is 0.332 e. The van der Waals surface area contributed by atoms with Crippen LogP contribution in [0, 0.1) is 0 Å². The fraction of sp³-hybridized carbons (Fsp3) is 0.943. The molecule has 0 heterocycles. The lowest BCUT2D eigenvalue weighted by molar-refractivity contribution is -0.146. The molecule has 0 fully saturated rings. The van der Waals surface area contributed by atoms with E-state index in [2.05, 4.69) is 24.5 Å². The first kappa shape index (κ1) is 46.2. The Morgan fingerprint density at radius 3 is 0.814 bits per heavy atom. The lowest BCUT2D eigenvalue weighted by Gasteiger charge is -2.07. The van der Waals surface area contributed by atoms with Gasteiger partial charge in [-0.05, 0) is 59.3 Å². The SMILES string of the molecule is CC(O)C(=O)O.CC(O)C(=O)O.CCCCCCCCCCCCCNCCCNCCCCCCCCCCCCC. The Morgan fingerprint density at radius 1 is 0.419 bits per heavy atom. The van der Waals surface area contributed by atoms with Gasteiger partial charge in [-0.1, -0.05) is 142 Å². The predicted molar refractivity (Wildman–Crippen MR) is 182 cm³/mol. The molecule has 260 valence electrons. The van der Waals surface area contributed by atoms with Gasteiger partial charge in [-0.3, -0.25) is 0 Å². The van der Waals surface area contributed by atoms with Gasteiger partial charge >= 0.3 is 11.9 Å². The largest absolute Gasteiger partial charge is 0.479 e. The van der Waals surface area contributed by atoms with E-state index in [1.54, 1.807) is 0 Å². The second kappa shape index (κ2) is 40.8. The lowest BCUT2D eigenvalue weighted by atomic mass is 10.1. The first-order valence-electron chi connectivity index (χ1n) is 17.9. The van der Waals surface area contributed by atoms with E-state index < -0.39 is 24.1 Å². The van der Waals surface area contributed by atoms with Crippen LogP contribution in [0.25, 0.3) is 0 Å². The van der Waals surface area contributed by atoms with E-state index in [4.69, 9.17) is 20.4 Å². The number of carboxylic acid groups (broad SMARTS) is 2. The zero-order valence-electron chi connectivity index (χ0n) is 28.9. The molecular weight excluding hydrogens is 544 g/mol. The summed E-state index contributed by atoms with van der Waals surface area (Å²) in [5, 5.41) is 38.8. The number of hydrogen-bond donors (Lipinski definition) is 6. The van der Waals surface area contributed by atoms with Crippen LogP contribution in [0.1, 0.15) is 175 Å². The Bertz CT molecular complexity index is 500. The van der Waals surface area contributed by atoms with E-state index in [1.165, 1.54) is 188 Å². The molecule has 0 spiro atoms. The molecule has 0 aliphatic heterocycles. The monoisotopic (exact) mass is 619 g/mol. The van der Waals surface area contributed by atoms with Crippen molar-refractivity contribution in [2.45, 2.75) is 188 Å². The highest BCUT2D eigenvalue weighted by molar-refractivity contribution is 5.71. The minimum absolute atomic E-state index is 1.18. The number of aliphatic hydroxyl groups is 2. The average Bonchev–Trinajstić information content (AvgIpc) is 2.97. The van der Waals surface area contributed by atoms with E-state index in [9.17, 15) is 9.59 Å². The smallest absolute Gasteiger partial charge is 0.332 e. The van der Waals surface area contributed by atoms with Crippen LogP contribution in [0.2, 0.25) is 0 Å². The molecule has 0 saturated heterocycles. The number of carboxylic acids is 2. The maximum atomic E-state index is 9.45. The summed E-state index contributed by atoms with van der Waals surface area (Å²) in [7, 11) is 0. The standard InChI is InChI=1S/C29H62N2.2C3H6O3/c1-3-5-7-9-11-13-15-17-19-21-23-26-30-28-25-29-31-27-24-22-20-18-16-14-12-10-8-6-4-2;2*1-2(4)3(5)6/h30-31H,3-29H2,1-2H3;2*2,4H,1H3,(H,5,6). The third-order valence-corrected chi connectivity index (χ3v) is 7.34. The second-order valence-electron chi connectivity index (χ2n) is 12.0. The van der Waals surface area contributed by atoms with Gasteiger partial charge in [0, 0.05) is 0 Å². The molecule has 0 bridgehead atoms. The number of aliphatic hydroxyl groups excluding tert-OH is 2. The van der Waals surface area contributed by atoms with Crippen molar-refractivity contribution in [2.75, 3.05) is 26.2 Å². The van der Waals surface area contributed by atoms with Gasteiger partial charge in [0.05, 0.1) is 0 Å². The summed E-state index contributed by atoms with van der Waals surface area (Å²) in [6.07, 6.45) is 30.4. The first-order valence-corrected chi connectivity index (χ1v) is 17.9. The molecule has 0 radical (unpaired) electrons. The van der Waals surface area contributed by atoms with Crippen molar-refractivity contribution in [3.63, 3.8) is 0 Å². The summed E-state index contributed by atoms with van der Waals surface area (Å²) in [6.45, 7) is 11.8. The molecule has 0 aliphatic rings. The van der Waals surface area contributed by atoms with Crippen LogP contribution in [0.5, 0.6) is 0 Å². The predicted octanol–water partition coefficient (Wildman–Crippen LogP) is 8.08. The number of aliphatic carboxylic acids is 2. The summed E-state index contributed by atoms with van der Waals surface area (Å²) in [6, 6.07) is 0. The zero-order chi connectivity index (χ0) is 32.8. The summed E-state index contributed by atoms with van der Waals surface area (Å²) in [4.78, 5) is 18.9. The van der Waals surface area contributed by atoms with Crippen molar-refractivity contribution in [3.8, 4) is 0 Å². The van der Waals surface area contributed by atoms with Gasteiger partial charge in [-0.25, -0.2) is 9.59 Å². The van der Waals surface area contributed by atoms with Gasteiger partial charge in [0.2, 0.25) is 0 Å². The molecule has 0 aliphatic carbocycles. The van der Waals surface area contributed by atoms with Crippen LogP contribution >= 0.6 is 0 Å². The Labute approximate surface area is 266 Å². The van der Waals surface area contributed by atoms with Crippen LogP contribution in [-0.4, -0.2) is 70.8 Å². The number of nitrogens with one attached hydrogen (secondary N) is 2. The van der Waals surface area contributed by atoms with Crippen LogP contribution in [0.3, 0.4) is 0 Å². The summed E-state index contributed by atoms with van der Waals surface area (Å²) >= 11 is 0. The Morgan fingerprint density at radius 2 is 0.605 bits per heavy atom. The van der Waals surface area contributed by atoms with Crippen LogP contribution in [-0.2, 0) is 9.59 Å². The highest BCUT2D eigenvalue weighted by Crippen LogP contribution is 2.12. The molecule has 0 aromatic heterocycles. The zero-order valence-corrected chi connectivity index (χ0v) is 28.9. The number of carbonyl (C=O) groups is 2. The van der Waals surface area contributed by atoms with Gasteiger partial charge in [0.25, 0.3) is 0 Å². The Hall–Kier alpha value is -1.22. The second-order valence-corrected chi connectivity index (χ2v) is 12.0. The van der Waals surface area contributed by atoms with Crippen molar-refractivity contribution in [1.29, 1.82) is 0 Å². The van der Waals surface area contributed by atoms with Crippen LogP contribution in [0.4, 0.5) is 0 Å². The molecule has 6 N–H and O–H groups in total. The summed E-state index contributed by atoms with van der Waals surface area (Å²) in [5.74, 6) is -2.37. The lowest BCUT2D eigenvalue weighted by Crippen LogP contribution is -2.23. The molecule has 0 saturated carbocycles. The molecule has 0 rings (SSSR count). The van der Waals surface area contributed by atoms with Crippen LogP contribution in [0.15, 0.2) is 0 Å².